The molecule has 6 atom stereocenters. The first-order chi connectivity index (χ1) is 12.1. The standard InChI is InChI=1S/C19H20O6/c20-14-10-23-18-15(21)16(22)19(25-17(14)18)24-13-8-4-7-12(9-13)11-5-2-1-3-6-11/h1-9,14-22H,10H2. The van der Waals surface area contributed by atoms with E-state index in [0.717, 1.165) is 11.1 Å². The minimum absolute atomic E-state index is 0.0648. The fourth-order valence-corrected chi connectivity index (χ4v) is 3.28. The summed E-state index contributed by atoms with van der Waals surface area (Å²) in [5.41, 5.74) is 2.00. The van der Waals surface area contributed by atoms with Crippen LogP contribution in [0, 0.1) is 0 Å². The molecule has 3 N–H and O–H groups in total. The van der Waals surface area contributed by atoms with E-state index < -0.39 is 36.8 Å². The van der Waals surface area contributed by atoms with Gasteiger partial charge in [0.15, 0.2) is 0 Å². The number of hydrogen-bond donors (Lipinski definition) is 3. The average Bonchev–Trinajstić information content (AvgIpc) is 3.01. The van der Waals surface area contributed by atoms with Crippen molar-refractivity contribution in [2.45, 2.75) is 36.8 Å². The van der Waals surface area contributed by atoms with Gasteiger partial charge < -0.3 is 29.5 Å². The molecule has 6 unspecified atom stereocenters. The van der Waals surface area contributed by atoms with E-state index in [1.165, 1.54) is 0 Å². The molecular formula is C19H20O6. The Hall–Kier alpha value is -1.96. The molecule has 132 valence electrons. The third kappa shape index (κ3) is 3.15. The van der Waals surface area contributed by atoms with Crippen molar-refractivity contribution in [2.24, 2.45) is 0 Å². The molecule has 0 aromatic heterocycles. The first kappa shape index (κ1) is 16.5. The lowest BCUT2D eigenvalue weighted by Gasteiger charge is -2.39. The van der Waals surface area contributed by atoms with Crippen LogP contribution in [-0.4, -0.2) is 58.7 Å². The quantitative estimate of drug-likeness (QED) is 0.768. The highest BCUT2D eigenvalue weighted by atomic mass is 16.7. The second kappa shape index (κ2) is 6.74. The molecule has 6 heteroatoms. The zero-order valence-corrected chi connectivity index (χ0v) is 13.4. The third-order valence-corrected chi connectivity index (χ3v) is 4.61. The van der Waals surface area contributed by atoms with E-state index in [4.69, 9.17) is 14.2 Å². The van der Waals surface area contributed by atoms with E-state index in [0.29, 0.717) is 5.75 Å². The van der Waals surface area contributed by atoms with Crippen LogP contribution in [0.1, 0.15) is 0 Å². The highest BCUT2D eigenvalue weighted by Crippen LogP contribution is 2.32. The Bertz CT molecular complexity index is 721. The fourth-order valence-electron chi connectivity index (χ4n) is 3.28. The van der Waals surface area contributed by atoms with E-state index in [2.05, 4.69) is 0 Å². The van der Waals surface area contributed by atoms with Gasteiger partial charge in [0.25, 0.3) is 0 Å². The number of aliphatic hydroxyl groups excluding tert-OH is 3. The van der Waals surface area contributed by atoms with E-state index in [1.807, 2.05) is 48.5 Å². The Morgan fingerprint density at radius 3 is 2.40 bits per heavy atom. The number of rotatable bonds is 3. The molecule has 25 heavy (non-hydrogen) atoms. The highest BCUT2D eigenvalue weighted by Gasteiger charge is 2.52. The summed E-state index contributed by atoms with van der Waals surface area (Å²) in [7, 11) is 0. The molecule has 2 aromatic carbocycles. The molecule has 0 radical (unpaired) electrons. The fraction of sp³-hybridized carbons (Fsp3) is 0.368. The van der Waals surface area contributed by atoms with Gasteiger partial charge in [0.2, 0.25) is 6.29 Å². The molecule has 2 saturated heterocycles. The Morgan fingerprint density at radius 1 is 0.840 bits per heavy atom. The van der Waals surface area contributed by atoms with Gasteiger partial charge in [-0.05, 0) is 23.3 Å². The minimum Gasteiger partial charge on any atom is -0.462 e. The first-order valence-corrected chi connectivity index (χ1v) is 8.27. The molecule has 0 amide bonds. The molecule has 2 heterocycles. The Kier molecular flexibility index (Phi) is 4.45. The molecule has 0 saturated carbocycles. The topological polar surface area (TPSA) is 88.4 Å². The zero-order chi connectivity index (χ0) is 17.4. The summed E-state index contributed by atoms with van der Waals surface area (Å²) in [5, 5.41) is 30.4. The van der Waals surface area contributed by atoms with Gasteiger partial charge in [0.1, 0.15) is 36.3 Å². The van der Waals surface area contributed by atoms with Gasteiger partial charge in [-0.1, -0.05) is 42.5 Å². The minimum atomic E-state index is -1.27. The van der Waals surface area contributed by atoms with Gasteiger partial charge in [0.05, 0.1) is 6.61 Å². The van der Waals surface area contributed by atoms with E-state index in [9.17, 15) is 15.3 Å². The van der Waals surface area contributed by atoms with Crippen LogP contribution in [0.25, 0.3) is 11.1 Å². The molecule has 0 spiro atoms. The Morgan fingerprint density at radius 2 is 1.60 bits per heavy atom. The molecular weight excluding hydrogens is 324 g/mol. The monoisotopic (exact) mass is 344 g/mol. The Balaban J connectivity index is 1.54. The van der Waals surface area contributed by atoms with Gasteiger partial charge in [-0.2, -0.15) is 0 Å². The van der Waals surface area contributed by atoms with Crippen molar-refractivity contribution in [1.82, 2.24) is 0 Å². The normalized spacial score (nSPS) is 34.5. The van der Waals surface area contributed by atoms with E-state index >= 15 is 0 Å². The second-order valence-corrected chi connectivity index (χ2v) is 6.33. The predicted molar refractivity (Wildman–Crippen MR) is 88.9 cm³/mol. The number of aliphatic hydroxyl groups is 3. The van der Waals surface area contributed by atoms with Gasteiger partial charge in [-0.3, -0.25) is 0 Å². The lowest BCUT2D eigenvalue weighted by molar-refractivity contribution is -0.267. The lowest BCUT2D eigenvalue weighted by atomic mass is 9.98. The smallest absolute Gasteiger partial charge is 0.229 e. The number of ether oxygens (including phenoxy) is 3. The molecule has 2 fully saturated rings. The molecule has 2 aliphatic heterocycles. The van der Waals surface area contributed by atoms with Gasteiger partial charge >= 0.3 is 0 Å². The van der Waals surface area contributed by atoms with Crippen LogP contribution in [0.15, 0.2) is 54.6 Å². The first-order valence-electron chi connectivity index (χ1n) is 8.27. The maximum atomic E-state index is 10.3. The molecule has 4 rings (SSSR count). The molecule has 2 aromatic rings. The number of benzene rings is 2. The summed E-state index contributed by atoms with van der Waals surface area (Å²) in [6.07, 6.45) is -5.86. The van der Waals surface area contributed by atoms with Crippen molar-refractivity contribution in [3.05, 3.63) is 54.6 Å². The Labute approximate surface area is 145 Å². The third-order valence-electron chi connectivity index (χ3n) is 4.61. The summed E-state index contributed by atoms with van der Waals surface area (Å²) < 4.78 is 16.7. The van der Waals surface area contributed by atoms with Crippen molar-refractivity contribution < 1.29 is 29.5 Å². The highest BCUT2D eigenvalue weighted by molar-refractivity contribution is 5.64. The summed E-state index contributed by atoms with van der Waals surface area (Å²) in [6, 6.07) is 17.2. The molecule has 6 nitrogen and oxygen atoms in total. The van der Waals surface area contributed by atoms with Crippen LogP contribution in [0.4, 0.5) is 0 Å². The zero-order valence-electron chi connectivity index (χ0n) is 13.4. The summed E-state index contributed by atoms with van der Waals surface area (Å²) in [6.45, 7) is 0.0648. The second-order valence-electron chi connectivity index (χ2n) is 6.33. The van der Waals surface area contributed by atoms with E-state index in [-0.39, 0.29) is 6.61 Å². The van der Waals surface area contributed by atoms with Crippen molar-refractivity contribution in [2.75, 3.05) is 6.61 Å². The maximum absolute atomic E-state index is 10.3. The largest absolute Gasteiger partial charge is 0.462 e. The molecule has 2 aliphatic rings. The predicted octanol–water partition coefficient (Wildman–Crippen LogP) is 0.939. The van der Waals surface area contributed by atoms with Crippen LogP contribution in [-0.2, 0) is 9.47 Å². The van der Waals surface area contributed by atoms with Gasteiger partial charge in [0, 0.05) is 0 Å². The molecule has 0 aliphatic carbocycles. The summed E-state index contributed by atoms with van der Waals surface area (Å²) in [4.78, 5) is 0. The summed E-state index contributed by atoms with van der Waals surface area (Å²) >= 11 is 0. The van der Waals surface area contributed by atoms with Gasteiger partial charge in [-0.25, -0.2) is 0 Å². The number of hydrogen-bond acceptors (Lipinski definition) is 6. The van der Waals surface area contributed by atoms with Crippen LogP contribution >= 0.6 is 0 Å². The SMILES string of the molecule is OC1COC2C(O)C(O)C(Oc3cccc(-c4ccccc4)c3)OC12. The number of fused-ring (bicyclic) bond motifs is 1. The van der Waals surface area contributed by atoms with Crippen molar-refractivity contribution in [3.63, 3.8) is 0 Å². The van der Waals surface area contributed by atoms with E-state index in [1.54, 1.807) is 6.07 Å². The van der Waals surface area contributed by atoms with Crippen LogP contribution in [0.3, 0.4) is 0 Å². The molecule has 0 bridgehead atoms. The summed E-state index contributed by atoms with van der Waals surface area (Å²) in [5.74, 6) is 0.504. The van der Waals surface area contributed by atoms with Gasteiger partial charge in [-0.15, -0.1) is 0 Å². The van der Waals surface area contributed by atoms with Crippen molar-refractivity contribution >= 4 is 0 Å². The van der Waals surface area contributed by atoms with Crippen molar-refractivity contribution in [1.29, 1.82) is 0 Å². The van der Waals surface area contributed by atoms with Crippen molar-refractivity contribution in [3.8, 4) is 16.9 Å². The lowest BCUT2D eigenvalue weighted by Crippen LogP contribution is -2.59. The van der Waals surface area contributed by atoms with Crippen LogP contribution in [0.2, 0.25) is 0 Å². The maximum Gasteiger partial charge on any atom is 0.229 e. The van der Waals surface area contributed by atoms with Crippen LogP contribution in [0.5, 0.6) is 5.75 Å². The average molecular weight is 344 g/mol. The van der Waals surface area contributed by atoms with Crippen LogP contribution < -0.4 is 4.74 Å².